The lowest BCUT2D eigenvalue weighted by atomic mass is 9.84. The van der Waals surface area contributed by atoms with Gasteiger partial charge in [0, 0.05) is 19.0 Å². The molecule has 2 aliphatic heterocycles. The van der Waals surface area contributed by atoms with Crippen LogP contribution in [0.3, 0.4) is 0 Å². The third kappa shape index (κ3) is 8.07. The molecule has 3 N–H and O–H groups in total. The number of nitrogens with one attached hydrogen (secondary N) is 3. The van der Waals surface area contributed by atoms with E-state index in [9.17, 15) is 24.0 Å². The molecule has 0 aliphatic carbocycles. The molecule has 38 heavy (non-hydrogen) atoms. The van der Waals surface area contributed by atoms with Crippen molar-refractivity contribution < 1.29 is 33.4 Å². The third-order valence-corrected chi connectivity index (χ3v) is 7.11. The van der Waals surface area contributed by atoms with Crippen molar-refractivity contribution in [3.05, 3.63) is 0 Å². The molecule has 216 valence electrons. The Labute approximate surface area is 226 Å². The fraction of sp³-hybridized carbons (Fsp3) is 0.815. The summed E-state index contributed by atoms with van der Waals surface area (Å²) in [5.41, 5.74) is -1.41. The van der Waals surface area contributed by atoms with Gasteiger partial charge in [-0.1, -0.05) is 34.6 Å². The molecule has 0 aromatic carbocycles. The van der Waals surface area contributed by atoms with Gasteiger partial charge in [-0.2, -0.15) is 0 Å². The van der Waals surface area contributed by atoms with Gasteiger partial charge in [0.25, 0.3) is 0 Å². The second-order valence-corrected chi connectivity index (χ2v) is 12.7. The van der Waals surface area contributed by atoms with Crippen LogP contribution in [0.4, 0.5) is 4.79 Å². The van der Waals surface area contributed by atoms with Crippen molar-refractivity contribution in [2.45, 2.75) is 98.4 Å². The minimum absolute atomic E-state index is 0.0765. The Kier molecular flexibility index (Phi) is 10.2. The second-order valence-electron chi connectivity index (χ2n) is 12.7. The Morgan fingerprint density at radius 1 is 1.05 bits per heavy atom. The average molecular weight is 539 g/mol. The summed E-state index contributed by atoms with van der Waals surface area (Å²) in [7, 11) is 1.23. The van der Waals surface area contributed by atoms with Crippen LogP contribution in [0.1, 0.15) is 74.7 Å². The molecule has 0 radical (unpaired) electrons. The van der Waals surface area contributed by atoms with Gasteiger partial charge in [-0.25, -0.2) is 9.59 Å². The Bertz CT molecular complexity index is 906. The zero-order chi connectivity index (χ0) is 29.0. The second kappa shape index (κ2) is 12.3. The van der Waals surface area contributed by atoms with Gasteiger partial charge in [0.1, 0.15) is 23.7 Å². The number of methoxy groups -OCH3 is 1. The maximum Gasteiger partial charge on any atom is 0.408 e. The summed E-state index contributed by atoms with van der Waals surface area (Å²) in [4.78, 5) is 66.4. The monoisotopic (exact) mass is 538 g/mol. The van der Waals surface area contributed by atoms with Crippen molar-refractivity contribution >= 4 is 29.8 Å². The van der Waals surface area contributed by atoms with E-state index in [0.29, 0.717) is 25.9 Å². The highest BCUT2D eigenvalue weighted by molar-refractivity contribution is 5.94. The fourth-order valence-electron chi connectivity index (χ4n) is 5.11. The van der Waals surface area contributed by atoms with Gasteiger partial charge in [-0.3, -0.25) is 14.4 Å². The molecule has 11 nitrogen and oxygen atoms in total. The summed E-state index contributed by atoms with van der Waals surface area (Å²) in [5.74, 6) is -2.17. The molecular formula is C27H46N4O7. The van der Waals surface area contributed by atoms with E-state index < -0.39 is 58.9 Å². The number of hydrogen-bond donors (Lipinski definition) is 3. The van der Waals surface area contributed by atoms with Crippen LogP contribution in [0.25, 0.3) is 0 Å². The van der Waals surface area contributed by atoms with Crippen LogP contribution >= 0.6 is 0 Å². The number of rotatable bonds is 8. The molecule has 11 heteroatoms. The highest BCUT2D eigenvalue weighted by Gasteiger charge is 2.48. The number of alkyl carbamates (subject to hydrolysis) is 1. The van der Waals surface area contributed by atoms with E-state index in [-0.39, 0.29) is 24.2 Å². The van der Waals surface area contributed by atoms with E-state index in [4.69, 9.17) is 9.47 Å². The van der Waals surface area contributed by atoms with Crippen LogP contribution < -0.4 is 16.0 Å². The maximum absolute atomic E-state index is 13.9. The normalized spacial score (nSPS) is 23.5. The van der Waals surface area contributed by atoms with E-state index in [2.05, 4.69) is 16.0 Å². The molecule has 2 rings (SSSR count). The van der Waals surface area contributed by atoms with Crippen LogP contribution in [-0.4, -0.2) is 78.6 Å². The van der Waals surface area contributed by atoms with E-state index in [1.165, 1.54) is 12.0 Å². The Hall–Kier alpha value is -2.85. The first kappa shape index (κ1) is 31.4. The number of hydrogen-bond acceptors (Lipinski definition) is 7. The van der Waals surface area contributed by atoms with E-state index in [0.717, 1.165) is 0 Å². The Balaban J connectivity index is 2.31. The molecule has 5 atom stereocenters. The number of likely N-dealkylation sites (tertiary alicyclic amines) is 1. The first-order chi connectivity index (χ1) is 17.5. The van der Waals surface area contributed by atoms with Gasteiger partial charge < -0.3 is 30.3 Å². The lowest BCUT2D eigenvalue weighted by Gasteiger charge is -2.37. The van der Waals surface area contributed by atoms with Crippen LogP contribution in [0, 0.1) is 23.2 Å². The van der Waals surface area contributed by atoms with Gasteiger partial charge in [-0.15, -0.1) is 0 Å². The molecule has 2 saturated heterocycles. The molecular weight excluding hydrogens is 492 g/mol. The molecule has 0 aromatic heterocycles. The number of esters is 1. The van der Waals surface area contributed by atoms with E-state index in [1.807, 2.05) is 34.6 Å². The van der Waals surface area contributed by atoms with E-state index in [1.54, 1.807) is 20.8 Å². The first-order valence-corrected chi connectivity index (χ1v) is 13.4. The number of amides is 4. The van der Waals surface area contributed by atoms with Gasteiger partial charge in [0.05, 0.1) is 7.11 Å². The van der Waals surface area contributed by atoms with Crippen molar-refractivity contribution in [3.8, 4) is 0 Å². The molecule has 2 fully saturated rings. The van der Waals surface area contributed by atoms with Crippen molar-refractivity contribution in [1.29, 1.82) is 0 Å². The van der Waals surface area contributed by atoms with E-state index >= 15 is 0 Å². The zero-order valence-electron chi connectivity index (χ0n) is 24.3. The van der Waals surface area contributed by atoms with Crippen LogP contribution in [0.15, 0.2) is 0 Å². The summed E-state index contributed by atoms with van der Waals surface area (Å²) in [6.07, 6.45) is 0.557. The standard InChI is InChI=1S/C27H46N4O7/c1-15(2)17-11-13-31(23(34)20(26(3,4)5)30-25(36)38-27(6,7)8)19(17)22(33)29-18(24(35)37-9)14-16-10-12-28-21(16)32/h15-20H,10-14H2,1-9H3,(H,28,32)(H,29,33)(H,30,36)/t16-,17?,18?,19-,20+/m0/s1. The van der Waals surface area contributed by atoms with Gasteiger partial charge in [-0.05, 0) is 57.3 Å². The number of nitrogens with zero attached hydrogens (tertiary/aromatic N) is 1. The van der Waals surface area contributed by atoms with Gasteiger partial charge >= 0.3 is 12.1 Å². The minimum atomic E-state index is -1.02. The lowest BCUT2D eigenvalue weighted by molar-refractivity contribution is -0.148. The topological polar surface area (TPSA) is 143 Å². The Morgan fingerprint density at radius 3 is 2.16 bits per heavy atom. The molecule has 0 aromatic rings. The highest BCUT2D eigenvalue weighted by Crippen LogP contribution is 2.33. The van der Waals surface area contributed by atoms with Crippen molar-refractivity contribution in [2.75, 3.05) is 20.2 Å². The largest absolute Gasteiger partial charge is 0.467 e. The molecule has 2 unspecified atom stereocenters. The number of ether oxygens (including phenoxy) is 2. The smallest absolute Gasteiger partial charge is 0.408 e. The average Bonchev–Trinajstić information content (AvgIpc) is 3.40. The maximum atomic E-state index is 13.9. The summed E-state index contributed by atoms with van der Waals surface area (Å²) in [6.45, 7) is 15.5. The quantitative estimate of drug-likeness (QED) is 0.401. The molecule has 2 aliphatic rings. The molecule has 2 heterocycles. The fourth-order valence-corrected chi connectivity index (χ4v) is 5.11. The summed E-state index contributed by atoms with van der Waals surface area (Å²) in [5, 5.41) is 8.23. The summed E-state index contributed by atoms with van der Waals surface area (Å²) in [6, 6.07) is -2.82. The van der Waals surface area contributed by atoms with Gasteiger partial charge in [0.2, 0.25) is 17.7 Å². The predicted molar refractivity (Wildman–Crippen MR) is 141 cm³/mol. The third-order valence-electron chi connectivity index (χ3n) is 7.11. The lowest BCUT2D eigenvalue weighted by Crippen LogP contribution is -2.60. The SMILES string of the molecule is COC(=O)C(C[C@@H]1CCNC1=O)NC(=O)[C@@H]1C(C(C)C)CCN1C(=O)[C@@H](NC(=O)OC(C)(C)C)C(C)(C)C. The van der Waals surface area contributed by atoms with Crippen molar-refractivity contribution in [1.82, 2.24) is 20.9 Å². The predicted octanol–water partition coefficient (Wildman–Crippen LogP) is 1.98. The molecule has 4 amide bonds. The summed E-state index contributed by atoms with van der Waals surface area (Å²) < 4.78 is 10.3. The minimum Gasteiger partial charge on any atom is -0.467 e. The van der Waals surface area contributed by atoms with Crippen LogP contribution in [0.2, 0.25) is 0 Å². The molecule has 0 spiro atoms. The number of carbonyl (C=O) groups excluding carboxylic acids is 5. The first-order valence-electron chi connectivity index (χ1n) is 13.4. The van der Waals surface area contributed by atoms with Crippen molar-refractivity contribution in [2.24, 2.45) is 23.2 Å². The van der Waals surface area contributed by atoms with Crippen molar-refractivity contribution in [3.63, 3.8) is 0 Å². The molecule has 0 bridgehead atoms. The zero-order valence-corrected chi connectivity index (χ0v) is 24.3. The Morgan fingerprint density at radius 2 is 1.68 bits per heavy atom. The summed E-state index contributed by atoms with van der Waals surface area (Å²) >= 11 is 0. The highest BCUT2D eigenvalue weighted by atomic mass is 16.6. The number of carbonyl (C=O) groups is 5. The molecule has 0 saturated carbocycles. The van der Waals surface area contributed by atoms with Crippen LogP contribution in [0.5, 0.6) is 0 Å². The van der Waals surface area contributed by atoms with Gasteiger partial charge in [0.15, 0.2) is 0 Å². The van der Waals surface area contributed by atoms with Crippen LogP contribution in [-0.2, 0) is 28.7 Å².